The van der Waals surface area contributed by atoms with E-state index in [9.17, 15) is 4.79 Å². The number of carbonyl (C=O) groups excluding carboxylic acids is 1. The number of carbonyl (C=O) groups is 1. The number of hydrogen-bond donors (Lipinski definition) is 1. The van der Waals surface area contributed by atoms with Crippen LogP contribution < -0.4 is 0 Å². The molecule has 1 rings (SSSR count). The van der Waals surface area contributed by atoms with E-state index in [1.165, 1.54) is 0 Å². The summed E-state index contributed by atoms with van der Waals surface area (Å²) in [5, 5.41) is 0.941. The van der Waals surface area contributed by atoms with Crippen LogP contribution in [0.15, 0.2) is 4.99 Å². The van der Waals surface area contributed by atoms with Gasteiger partial charge in [0.1, 0.15) is 0 Å². The molecule has 1 heterocycles. The van der Waals surface area contributed by atoms with E-state index in [-0.39, 0.29) is 5.12 Å². The first kappa shape index (κ1) is 6.33. The molecule has 44 valence electrons. The van der Waals surface area contributed by atoms with Gasteiger partial charge in [-0.3, -0.25) is 0 Å². The molecule has 0 fully saturated rings. The Kier molecular flexibility index (Phi) is 2.11. The molecule has 0 aromatic heterocycles. The van der Waals surface area contributed by atoms with Crippen LogP contribution in [0, 0.1) is 0 Å². The summed E-state index contributed by atoms with van der Waals surface area (Å²) in [4.78, 5) is 14.3. The van der Waals surface area contributed by atoms with Gasteiger partial charge in [0.05, 0.1) is 0 Å². The summed E-state index contributed by atoms with van der Waals surface area (Å²) in [6.45, 7) is 0.835. The van der Waals surface area contributed by atoms with E-state index < -0.39 is 0 Å². The van der Waals surface area contributed by atoms with Crippen molar-refractivity contribution in [3.8, 4) is 0 Å². The van der Waals surface area contributed by atoms with Crippen molar-refractivity contribution in [1.29, 1.82) is 0 Å². The zero-order valence-corrected chi connectivity index (χ0v) is 6.73. The molecule has 0 unspecified atom stereocenters. The molecule has 2 nitrogen and oxygen atoms in total. The number of nitrogens with zero attached hydrogens (tertiary/aromatic N) is 1. The Morgan fingerprint density at radius 2 is 2.62 bits per heavy atom. The van der Waals surface area contributed by atoms with Crippen LogP contribution in [0.2, 0.25) is 5.32 Å². The van der Waals surface area contributed by atoms with Gasteiger partial charge in [-0.05, 0) is 0 Å². The van der Waals surface area contributed by atoms with Crippen LogP contribution in [-0.4, -0.2) is 31.2 Å². The van der Waals surface area contributed by atoms with Gasteiger partial charge in [0.15, 0.2) is 0 Å². The quantitative estimate of drug-likeness (QED) is 0.461. The molecule has 1 aliphatic heterocycles. The first-order valence-electron chi connectivity index (χ1n) is 2.21. The van der Waals surface area contributed by atoms with E-state index in [0.29, 0.717) is 19.6 Å². The first-order valence-corrected chi connectivity index (χ1v) is 4.73. The Morgan fingerprint density at radius 1 is 1.88 bits per heavy atom. The second-order valence-corrected chi connectivity index (χ2v) is 4.02. The third-order valence-electron chi connectivity index (χ3n) is 0.768. The van der Waals surface area contributed by atoms with Gasteiger partial charge in [0, 0.05) is 0 Å². The van der Waals surface area contributed by atoms with Crippen molar-refractivity contribution in [2.45, 2.75) is 5.32 Å². The van der Waals surface area contributed by atoms with Crippen molar-refractivity contribution in [1.82, 2.24) is 0 Å². The molecule has 0 atom stereocenters. The molecule has 8 heavy (non-hydrogen) atoms. The predicted molar refractivity (Wildman–Crippen MR) is 36.9 cm³/mol. The van der Waals surface area contributed by atoms with Crippen LogP contribution in [0.25, 0.3) is 0 Å². The molecule has 0 bridgehead atoms. The van der Waals surface area contributed by atoms with Crippen LogP contribution in [0.1, 0.15) is 0 Å². The number of thiol groups is 1. The van der Waals surface area contributed by atoms with Crippen molar-refractivity contribution in [2.75, 3.05) is 6.54 Å². The average molecular weight is 194 g/mol. The molecule has 4 heteroatoms. The third kappa shape index (κ3) is 1.34. The predicted octanol–water partition coefficient (Wildman–Crippen LogP) is -0.0226. The third-order valence-corrected chi connectivity index (χ3v) is 3.37. The van der Waals surface area contributed by atoms with Gasteiger partial charge in [0.2, 0.25) is 0 Å². The summed E-state index contributed by atoms with van der Waals surface area (Å²) >= 11 is 3.97. The summed E-state index contributed by atoms with van der Waals surface area (Å²) < 4.78 is 0.709. The molecule has 0 spiro atoms. The van der Waals surface area contributed by atoms with Gasteiger partial charge >= 0.3 is 59.0 Å². The average Bonchev–Trinajstić information content (AvgIpc) is 2.12. The normalized spacial score (nSPS) is 18.4. The fourth-order valence-corrected chi connectivity index (χ4v) is 2.30. The molecule has 0 radical (unpaired) electrons. The van der Waals surface area contributed by atoms with E-state index in [4.69, 9.17) is 0 Å². The molecular formula is C4H5NOSSe. The topological polar surface area (TPSA) is 29.4 Å². The first-order chi connectivity index (χ1) is 3.80. The monoisotopic (exact) mass is 195 g/mol. The Morgan fingerprint density at radius 3 is 2.88 bits per heavy atom. The Bertz CT molecular complexity index is 145. The van der Waals surface area contributed by atoms with Gasteiger partial charge in [-0.1, -0.05) is 0 Å². The summed E-state index contributed by atoms with van der Waals surface area (Å²) in [6, 6.07) is 0. The fourth-order valence-electron chi connectivity index (χ4n) is 0.465. The van der Waals surface area contributed by atoms with Crippen molar-refractivity contribution in [3.05, 3.63) is 0 Å². The number of hydrogen-bond acceptors (Lipinski definition) is 2. The molecule has 1 aliphatic rings. The fraction of sp³-hybridized carbons (Fsp3) is 0.500. The summed E-state index contributed by atoms with van der Waals surface area (Å²) in [5.41, 5.74) is 0. The molecule has 0 aromatic carbocycles. The molecule has 0 amide bonds. The maximum absolute atomic E-state index is 10.4. The van der Waals surface area contributed by atoms with E-state index in [0.717, 1.165) is 11.9 Å². The minimum absolute atomic E-state index is 0.137. The maximum atomic E-state index is 10.4. The Balaban J connectivity index is 2.57. The van der Waals surface area contributed by atoms with E-state index in [2.05, 4.69) is 17.6 Å². The van der Waals surface area contributed by atoms with Crippen LogP contribution in [0.3, 0.4) is 0 Å². The second kappa shape index (κ2) is 2.67. The molecule has 0 aliphatic carbocycles. The Labute approximate surface area is 59.3 Å². The zero-order chi connectivity index (χ0) is 5.98. The Hall–Kier alpha value is 0.209. The van der Waals surface area contributed by atoms with Gasteiger partial charge < -0.3 is 0 Å². The van der Waals surface area contributed by atoms with Crippen LogP contribution in [0.4, 0.5) is 0 Å². The van der Waals surface area contributed by atoms with Gasteiger partial charge in [-0.15, -0.1) is 0 Å². The van der Waals surface area contributed by atoms with E-state index in [1.54, 1.807) is 0 Å². The van der Waals surface area contributed by atoms with E-state index >= 15 is 0 Å². The molecule has 0 aromatic rings. The zero-order valence-electron chi connectivity index (χ0n) is 4.13. The second-order valence-electron chi connectivity index (χ2n) is 1.34. The van der Waals surface area contributed by atoms with Gasteiger partial charge in [0.25, 0.3) is 0 Å². The number of rotatable bonds is 1. The van der Waals surface area contributed by atoms with Crippen molar-refractivity contribution < 1.29 is 4.79 Å². The summed E-state index contributed by atoms with van der Waals surface area (Å²) in [6.07, 6.45) is 0. The number of aliphatic imine (C=N–C) groups is 1. The standard InChI is InChI=1S/C4H5NOSSe/c6-4(7)3-5-1-2-8-3/h1-2H2,(H,6,7). The van der Waals surface area contributed by atoms with Crippen LogP contribution in [0.5, 0.6) is 0 Å². The summed E-state index contributed by atoms with van der Waals surface area (Å²) in [5.74, 6) is 0. The van der Waals surface area contributed by atoms with Crippen molar-refractivity contribution in [3.63, 3.8) is 0 Å². The minimum atomic E-state index is -0.137. The molecular weight excluding hydrogens is 189 g/mol. The van der Waals surface area contributed by atoms with E-state index in [1.807, 2.05) is 0 Å². The van der Waals surface area contributed by atoms with Gasteiger partial charge in [-0.2, -0.15) is 0 Å². The van der Waals surface area contributed by atoms with Crippen molar-refractivity contribution in [2.24, 2.45) is 4.99 Å². The molecule has 0 saturated carbocycles. The van der Waals surface area contributed by atoms with Crippen molar-refractivity contribution >= 4 is 37.3 Å². The molecule has 0 N–H and O–H groups in total. The van der Waals surface area contributed by atoms with Crippen LogP contribution in [-0.2, 0) is 4.79 Å². The SMILES string of the molecule is O=C(S)C1=NCC[Se]1. The van der Waals surface area contributed by atoms with Gasteiger partial charge in [-0.25, -0.2) is 0 Å². The summed E-state index contributed by atoms with van der Waals surface area (Å²) in [7, 11) is 0. The molecule has 0 saturated heterocycles. The van der Waals surface area contributed by atoms with Crippen LogP contribution >= 0.6 is 12.6 Å².